The first-order valence-electron chi connectivity index (χ1n) is 9.84. The number of hydrogen-bond acceptors (Lipinski definition) is 7. The maximum absolute atomic E-state index is 12.6. The molecule has 0 spiro atoms. The molecular formula is C22H19N8O+. The van der Waals surface area contributed by atoms with Gasteiger partial charge in [0, 0.05) is 24.8 Å². The molecule has 4 heterocycles. The molecule has 1 unspecified atom stereocenters. The summed E-state index contributed by atoms with van der Waals surface area (Å²) in [6.07, 6.45) is 7.84. The van der Waals surface area contributed by atoms with Crippen LogP contribution in [-0.2, 0) is 0 Å². The maximum Gasteiger partial charge on any atom is 0.266 e. The lowest BCUT2D eigenvalue weighted by Gasteiger charge is -2.32. The number of amidine groups is 1. The van der Waals surface area contributed by atoms with Crippen LogP contribution in [0.1, 0.15) is 27.9 Å². The van der Waals surface area contributed by atoms with E-state index in [0.29, 0.717) is 22.8 Å². The number of carbonyl (C=O) groups excluding carboxylic acids is 1. The highest BCUT2D eigenvalue weighted by Crippen LogP contribution is 2.34. The van der Waals surface area contributed by atoms with E-state index in [1.807, 2.05) is 18.2 Å². The first-order chi connectivity index (χ1) is 15.1. The smallest absolute Gasteiger partial charge is 0.266 e. The number of quaternary nitrogens is 1. The number of nitrogens with one attached hydrogen (secondary N) is 1. The van der Waals surface area contributed by atoms with Crippen molar-refractivity contribution >= 4 is 23.8 Å². The van der Waals surface area contributed by atoms with Gasteiger partial charge in [0.05, 0.1) is 29.6 Å². The topological polar surface area (TPSA) is 120 Å². The molecule has 1 amide bonds. The molecule has 1 aromatic heterocycles. The third-order valence-corrected chi connectivity index (χ3v) is 5.47. The van der Waals surface area contributed by atoms with E-state index in [0.717, 1.165) is 36.6 Å². The van der Waals surface area contributed by atoms with Gasteiger partial charge in [-0.1, -0.05) is 0 Å². The summed E-state index contributed by atoms with van der Waals surface area (Å²) in [6.45, 7) is 1.90. The Morgan fingerprint density at radius 2 is 2.03 bits per heavy atom. The minimum absolute atomic E-state index is 0.0499. The van der Waals surface area contributed by atoms with Crippen molar-refractivity contribution in [3.05, 3.63) is 83.2 Å². The lowest BCUT2D eigenvalue weighted by Crippen LogP contribution is -2.53. The van der Waals surface area contributed by atoms with Crippen LogP contribution in [0, 0.1) is 11.3 Å². The maximum atomic E-state index is 12.6. The predicted molar refractivity (Wildman–Crippen MR) is 115 cm³/mol. The molecule has 1 fully saturated rings. The van der Waals surface area contributed by atoms with Gasteiger partial charge in [0.2, 0.25) is 11.5 Å². The van der Waals surface area contributed by atoms with E-state index in [1.54, 1.807) is 36.8 Å². The monoisotopic (exact) mass is 411 g/mol. The van der Waals surface area contributed by atoms with Crippen molar-refractivity contribution in [2.45, 2.75) is 6.42 Å². The van der Waals surface area contributed by atoms with Crippen molar-refractivity contribution in [3.63, 3.8) is 0 Å². The molecule has 2 aromatic rings. The van der Waals surface area contributed by atoms with E-state index < -0.39 is 0 Å². The zero-order valence-electron chi connectivity index (χ0n) is 16.6. The molecule has 3 N–H and O–H groups in total. The van der Waals surface area contributed by atoms with Crippen LogP contribution in [0.3, 0.4) is 0 Å². The minimum atomic E-state index is -0.316. The van der Waals surface area contributed by atoms with Crippen molar-refractivity contribution in [1.29, 1.82) is 5.26 Å². The predicted octanol–water partition coefficient (Wildman–Crippen LogP) is 2.09. The zero-order chi connectivity index (χ0) is 21.4. The third kappa shape index (κ3) is 3.20. The van der Waals surface area contributed by atoms with E-state index in [1.165, 1.54) is 12.3 Å². The summed E-state index contributed by atoms with van der Waals surface area (Å²) in [4.78, 5) is 27.9. The Morgan fingerprint density at radius 3 is 2.74 bits per heavy atom. The Balaban J connectivity index is 1.40. The Hall–Kier alpha value is -4.13. The minimum Gasteiger partial charge on any atom is -0.351 e. The first kappa shape index (κ1) is 18.9. The SMILES string of the molecule is N#Cc1ccnc(NC(=O)c2ccc(C3=NC(N4CCC4)=C4C=NC=C[N+]34N)cc2)c1. The number of benzene rings is 1. The van der Waals surface area contributed by atoms with Crippen molar-refractivity contribution in [3.8, 4) is 6.07 Å². The molecule has 5 rings (SSSR count). The molecule has 0 radical (unpaired) electrons. The van der Waals surface area contributed by atoms with Crippen molar-refractivity contribution in [2.24, 2.45) is 15.8 Å². The van der Waals surface area contributed by atoms with E-state index in [4.69, 9.17) is 16.1 Å². The van der Waals surface area contributed by atoms with Crippen LogP contribution in [0.5, 0.6) is 0 Å². The average molecular weight is 411 g/mol. The van der Waals surface area contributed by atoms with Crippen LogP contribution in [0.2, 0.25) is 0 Å². The molecule has 1 saturated heterocycles. The summed E-state index contributed by atoms with van der Waals surface area (Å²) in [5.74, 6) is 8.24. The molecule has 9 heteroatoms. The normalized spacial score (nSPS) is 21.3. The number of carbonyl (C=O) groups is 1. The van der Waals surface area contributed by atoms with Gasteiger partial charge < -0.3 is 10.2 Å². The lowest BCUT2D eigenvalue weighted by molar-refractivity contribution is -0.750. The number of aromatic nitrogens is 1. The van der Waals surface area contributed by atoms with E-state index in [-0.39, 0.29) is 10.5 Å². The van der Waals surface area contributed by atoms with Gasteiger partial charge in [0.15, 0.2) is 0 Å². The highest BCUT2D eigenvalue weighted by Gasteiger charge is 2.46. The second-order valence-electron chi connectivity index (χ2n) is 7.41. The number of nitrogens with two attached hydrogens (primary N) is 1. The summed E-state index contributed by atoms with van der Waals surface area (Å²) >= 11 is 0. The van der Waals surface area contributed by atoms with Gasteiger partial charge in [-0.05, 0) is 42.8 Å². The molecule has 152 valence electrons. The Kier molecular flexibility index (Phi) is 4.43. The van der Waals surface area contributed by atoms with Crippen LogP contribution in [-0.4, -0.2) is 45.5 Å². The van der Waals surface area contributed by atoms with Gasteiger partial charge in [-0.2, -0.15) is 16.1 Å². The molecule has 0 bridgehead atoms. The summed E-state index contributed by atoms with van der Waals surface area (Å²) in [7, 11) is 0. The molecule has 3 aliphatic rings. The molecule has 3 aliphatic heterocycles. The number of allylic oxidation sites excluding steroid dienone is 1. The average Bonchev–Trinajstić information content (AvgIpc) is 3.05. The Bertz CT molecular complexity index is 1230. The molecule has 0 aliphatic carbocycles. The number of amides is 1. The van der Waals surface area contributed by atoms with E-state index in [9.17, 15) is 4.79 Å². The number of rotatable bonds is 4. The van der Waals surface area contributed by atoms with E-state index in [2.05, 4.69) is 20.2 Å². The number of hydrogen-bond donors (Lipinski definition) is 2. The summed E-state index contributed by atoms with van der Waals surface area (Å²) in [6, 6.07) is 12.2. The molecule has 9 nitrogen and oxygen atoms in total. The fraction of sp³-hybridized carbons (Fsp3) is 0.136. The van der Waals surface area contributed by atoms with Gasteiger partial charge in [0.1, 0.15) is 12.0 Å². The fourth-order valence-corrected chi connectivity index (χ4v) is 3.65. The number of aliphatic imine (C=N–C) groups is 2. The Labute approximate surface area is 178 Å². The van der Waals surface area contributed by atoms with Crippen LogP contribution in [0.25, 0.3) is 0 Å². The fourth-order valence-electron chi connectivity index (χ4n) is 3.65. The number of anilines is 1. The Morgan fingerprint density at radius 1 is 1.23 bits per heavy atom. The first-order valence-corrected chi connectivity index (χ1v) is 9.84. The van der Waals surface area contributed by atoms with Crippen LogP contribution in [0.4, 0.5) is 5.82 Å². The number of likely N-dealkylation sites (tertiary alicyclic amines) is 1. The quantitative estimate of drug-likeness (QED) is 0.590. The molecule has 1 aromatic carbocycles. The second kappa shape index (κ2) is 7.28. The van der Waals surface area contributed by atoms with Gasteiger partial charge in [-0.15, -0.1) is 4.59 Å². The van der Waals surface area contributed by atoms with Gasteiger partial charge in [-0.3, -0.25) is 9.79 Å². The summed E-state index contributed by atoms with van der Waals surface area (Å²) < 4.78 is -0.0499. The molecule has 1 atom stereocenters. The van der Waals surface area contributed by atoms with Crippen LogP contribution >= 0.6 is 0 Å². The highest BCUT2D eigenvalue weighted by molar-refractivity contribution is 6.05. The molecule has 0 saturated carbocycles. The van der Waals surface area contributed by atoms with Gasteiger partial charge in [0.25, 0.3) is 11.7 Å². The van der Waals surface area contributed by atoms with Crippen molar-refractivity contribution in [1.82, 2.24) is 9.88 Å². The lowest BCUT2D eigenvalue weighted by atomic mass is 10.1. The van der Waals surface area contributed by atoms with E-state index >= 15 is 0 Å². The standard InChI is InChI=1S/C22H18N8O/c23-13-15-6-7-26-19(12-15)27-22(31)17-4-2-16(3-5-17)21-28-20(29-9-1-10-29)18-14-25-8-11-30(18,21)24/h2-8,11-12,14H,1,9-10,24H2/p+1. The number of fused-ring (bicyclic) bond motifs is 1. The van der Waals surface area contributed by atoms with Crippen molar-refractivity contribution < 1.29 is 9.39 Å². The van der Waals surface area contributed by atoms with Gasteiger partial charge >= 0.3 is 0 Å². The van der Waals surface area contributed by atoms with Crippen molar-refractivity contribution in [2.75, 3.05) is 18.4 Å². The van der Waals surface area contributed by atoms with Crippen LogP contribution < -0.4 is 11.2 Å². The third-order valence-electron chi connectivity index (χ3n) is 5.47. The second-order valence-corrected chi connectivity index (χ2v) is 7.41. The number of nitriles is 1. The number of nitrogens with zero attached hydrogens (tertiary/aromatic N) is 6. The zero-order valence-corrected chi connectivity index (χ0v) is 16.6. The molecule has 31 heavy (non-hydrogen) atoms. The molecular weight excluding hydrogens is 392 g/mol. The largest absolute Gasteiger partial charge is 0.351 e. The van der Waals surface area contributed by atoms with Crippen LogP contribution in [0.15, 0.2) is 76.5 Å². The highest BCUT2D eigenvalue weighted by atomic mass is 16.1. The summed E-state index contributed by atoms with van der Waals surface area (Å²) in [5, 5.41) is 11.7. The summed E-state index contributed by atoms with van der Waals surface area (Å²) in [5.41, 5.74) is 2.54. The van der Waals surface area contributed by atoms with Gasteiger partial charge in [-0.25, -0.2) is 4.98 Å². The number of pyridine rings is 1.